The molecule has 0 spiro atoms. The number of nitriles is 1. The van der Waals surface area contributed by atoms with Crippen molar-refractivity contribution in [3.63, 3.8) is 0 Å². The van der Waals surface area contributed by atoms with Crippen molar-refractivity contribution in [2.45, 2.75) is 13.3 Å². The van der Waals surface area contributed by atoms with E-state index in [0.717, 1.165) is 6.42 Å². The SMILES string of the molecule is CCCOC(=O)c1ccc(NC(=O)Nc2ccc(OCC#N)cc2)cc1. The van der Waals surface area contributed by atoms with Gasteiger partial charge in [-0.3, -0.25) is 0 Å². The van der Waals surface area contributed by atoms with E-state index >= 15 is 0 Å². The minimum absolute atomic E-state index is 0.0325. The van der Waals surface area contributed by atoms with Crippen LogP contribution in [0.2, 0.25) is 0 Å². The minimum atomic E-state index is -0.419. The van der Waals surface area contributed by atoms with Gasteiger partial charge in [-0.15, -0.1) is 0 Å². The zero-order valence-corrected chi connectivity index (χ0v) is 14.3. The molecule has 2 N–H and O–H groups in total. The van der Waals surface area contributed by atoms with Gasteiger partial charge in [-0.2, -0.15) is 5.26 Å². The number of hydrogen-bond donors (Lipinski definition) is 2. The Morgan fingerprint density at radius 1 is 1.00 bits per heavy atom. The van der Waals surface area contributed by atoms with Crippen molar-refractivity contribution in [2.75, 3.05) is 23.8 Å². The Kier molecular flexibility index (Phi) is 7.01. The van der Waals surface area contributed by atoms with Crippen LogP contribution in [0.25, 0.3) is 0 Å². The summed E-state index contributed by atoms with van der Waals surface area (Å²) in [4.78, 5) is 23.7. The van der Waals surface area contributed by atoms with Crippen LogP contribution in [0, 0.1) is 11.3 Å². The van der Waals surface area contributed by atoms with Gasteiger partial charge in [0.25, 0.3) is 0 Å². The number of carbonyl (C=O) groups is 2. The van der Waals surface area contributed by atoms with Crippen LogP contribution in [0.15, 0.2) is 48.5 Å². The second-order valence-electron chi connectivity index (χ2n) is 5.26. The van der Waals surface area contributed by atoms with E-state index in [9.17, 15) is 9.59 Å². The van der Waals surface area contributed by atoms with Gasteiger partial charge in [0.2, 0.25) is 0 Å². The molecule has 0 aliphatic rings. The summed E-state index contributed by atoms with van der Waals surface area (Å²) in [7, 11) is 0. The molecule has 2 aromatic carbocycles. The molecule has 0 aliphatic heterocycles. The Labute approximate surface area is 151 Å². The average molecular weight is 353 g/mol. The van der Waals surface area contributed by atoms with Gasteiger partial charge in [0.05, 0.1) is 12.2 Å². The third-order valence-electron chi connectivity index (χ3n) is 3.23. The van der Waals surface area contributed by atoms with Gasteiger partial charge >= 0.3 is 12.0 Å². The maximum absolute atomic E-state index is 12.0. The highest BCUT2D eigenvalue weighted by atomic mass is 16.5. The molecule has 2 amide bonds. The fourth-order valence-corrected chi connectivity index (χ4v) is 2.01. The van der Waals surface area contributed by atoms with Crippen LogP contribution in [0.1, 0.15) is 23.7 Å². The van der Waals surface area contributed by atoms with Gasteiger partial charge in [-0.25, -0.2) is 9.59 Å². The molecule has 0 aliphatic carbocycles. The maximum atomic E-state index is 12.0. The molecule has 0 saturated heterocycles. The van der Waals surface area contributed by atoms with Crippen LogP contribution in [-0.4, -0.2) is 25.2 Å². The molecule has 7 nitrogen and oxygen atoms in total. The van der Waals surface area contributed by atoms with Crippen molar-refractivity contribution in [2.24, 2.45) is 0 Å². The summed E-state index contributed by atoms with van der Waals surface area (Å²) in [6.07, 6.45) is 0.761. The van der Waals surface area contributed by atoms with Crippen LogP contribution in [0.5, 0.6) is 5.75 Å². The number of rotatable bonds is 7. The Balaban J connectivity index is 1.87. The smallest absolute Gasteiger partial charge is 0.338 e. The van der Waals surface area contributed by atoms with Gasteiger partial charge in [-0.1, -0.05) is 6.92 Å². The van der Waals surface area contributed by atoms with Crippen LogP contribution < -0.4 is 15.4 Å². The van der Waals surface area contributed by atoms with E-state index in [0.29, 0.717) is 29.3 Å². The number of amides is 2. The number of esters is 1. The van der Waals surface area contributed by atoms with Crippen LogP contribution in [0.3, 0.4) is 0 Å². The Bertz CT molecular complexity index is 780. The molecule has 0 bridgehead atoms. The number of ether oxygens (including phenoxy) is 2. The second kappa shape index (κ2) is 9.69. The van der Waals surface area contributed by atoms with E-state index in [4.69, 9.17) is 14.7 Å². The number of anilines is 2. The van der Waals surface area contributed by atoms with Crippen molar-refractivity contribution < 1.29 is 19.1 Å². The normalized spacial score (nSPS) is 9.69. The fraction of sp³-hybridized carbons (Fsp3) is 0.211. The minimum Gasteiger partial charge on any atom is -0.479 e. The Morgan fingerprint density at radius 2 is 1.58 bits per heavy atom. The predicted molar refractivity (Wildman–Crippen MR) is 97.2 cm³/mol. The van der Waals surface area contributed by atoms with Crippen molar-refractivity contribution in [1.29, 1.82) is 5.26 Å². The summed E-state index contributed by atoms with van der Waals surface area (Å²) in [5.74, 6) is 0.157. The summed E-state index contributed by atoms with van der Waals surface area (Å²) in [5.41, 5.74) is 1.55. The molecule has 0 saturated carbocycles. The Morgan fingerprint density at radius 3 is 2.12 bits per heavy atom. The van der Waals surface area contributed by atoms with Crippen LogP contribution >= 0.6 is 0 Å². The number of urea groups is 1. The van der Waals surface area contributed by atoms with Crippen LogP contribution in [0.4, 0.5) is 16.2 Å². The van der Waals surface area contributed by atoms with E-state index in [-0.39, 0.29) is 12.6 Å². The molecule has 0 unspecified atom stereocenters. The molecule has 2 aromatic rings. The summed E-state index contributed by atoms with van der Waals surface area (Å²) < 4.78 is 10.2. The highest BCUT2D eigenvalue weighted by Gasteiger charge is 2.08. The molecule has 26 heavy (non-hydrogen) atoms. The quantitative estimate of drug-likeness (QED) is 0.737. The van der Waals surface area contributed by atoms with E-state index in [2.05, 4.69) is 10.6 Å². The Hall–Kier alpha value is -3.53. The number of nitrogens with one attached hydrogen (secondary N) is 2. The van der Waals surface area contributed by atoms with Crippen molar-refractivity contribution >= 4 is 23.4 Å². The summed E-state index contributed by atoms with van der Waals surface area (Å²) in [6.45, 7) is 2.27. The van der Waals surface area contributed by atoms with Gasteiger partial charge in [0, 0.05) is 11.4 Å². The molecular weight excluding hydrogens is 334 g/mol. The number of hydrogen-bond acceptors (Lipinski definition) is 5. The zero-order valence-electron chi connectivity index (χ0n) is 14.3. The van der Waals surface area contributed by atoms with Crippen molar-refractivity contribution in [3.8, 4) is 11.8 Å². The van der Waals surface area contributed by atoms with Gasteiger partial charge in [0.15, 0.2) is 6.61 Å². The summed E-state index contributed by atoms with van der Waals surface area (Å²) >= 11 is 0. The number of nitrogens with zero attached hydrogens (tertiary/aromatic N) is 1. The molecule has 134 valence electrons. The lowest BCUT2D eigenvalue weighted by molar-refractivity contribution is 0.0505. The number of benzene rings is 2. The van der Waals surface area contributed by atoms with Gasteiger partial charge < -0.3 is 20.1 Å². The highest BCUT2D eigenvalue weighted by Crippen LogP contribution is 2.16. The summed E-state index contributed by atoms with van der Waals surface area (Å²) in [5, 5.41) is 13.8. The molecule has 0 radical (unpaired) electrons. The zero-order chi connectivity index (χ0) is 18.8. The molecule has 2 rings (SSSR count). The lowest BCUT2D eigenvalue weighted by Crippen LogP contribution is -2.19. The van der Waals surface area contributed by atoms with E-state index in [1.54, 1.807) is 48.5 Å². The second-order valence-corrected chi connectivity index (χ2v) is 5.26. The van der Waals surface area contributed by atoms with Crippen molar-refractivity contribution in [1.82, 2.24) is 0 Å². The topological polar surface area (TPSA) is 100 Å². The fourth-order valence-electron chi connectivity index (χ4n) is 2.01. The molecule has 0 atom stereocenters. The van der Waals surface area contributed by atoms with Crippen molar-refractivity contribution in [3.05, 3.63) is 54.1 Å². The lowest BCUT2D eigenvalue weighted by atomic mass is 10.2. The first-order valence-electron chi connectivity index (χ1n) is 8.07. The first-order valence-corrected chi connectivity index (χ1v) is 8.07. The first kappa shape index (κ1) is 18.8. The van der Waals surface area contributed by atoms with Crippen LogP contribution in [-0.2, 0) is 4.74 Å². The molecule has 0 aromatic heterocycles. The van der Waals surface area contributed by atoms with E-state index in [1.165, 1.54) is 0 Å². The lowest BCUT2D eigenvalue weighted by Gasteiger charge is -2.09. The molecule has 0 fully saturated rings. The van der Waals surface area contributed by atoms with Gasteiger partial charge in [0.1, 0.15) is 11.8 Å². The number of carbonyl (C=O) groups excluding carboxylic acids is 2. The largest absolute Gasteiger partial charge is 0.479 e. The summed E-state index contributed by atoms with van der Waals surface area (Å²) in [6, 6.07) is 14.5. The van der Waals surface area contributed by atoms with Gasteiger partial charge in [-0.05, 0) is 55.0 Å². The maximum Gasteiger partial charge on any atom is 0.338 e. The molecule has 7 heteroatoms. The van der Waals surface area contributed by atoms with E-state index in [1.807, 2.05) is 13.0 Å². The molecule has 0 heterocycles. The monoisotopic (exact) mass is 353 g/mol. The third kappa shape index (κ3) is 5.83. The first-order chi connectivity index (χ1) is 12.6. The predicted octanol–water partition coefficient (Wildman–Crippen LogP) is 3.80. The average Bonchev–Trinajstić information content (AvgIpc) is 2.66. The standard InChI is InChI=1S/C19H19N3O4/c1-2-12-26-18(23)14-3-5-15(6-4-14)21-19(24)22-16-7-9-17(10-8-16)25-13-11-20/h3-10H,2,12-13H2,1H3,(H2,21,22,24). The molecular formula is C19H19N3O4. The third-order valence-corrected chi connectivity index (χ3v) is 3.23. The van der Waals surface area contributed by atoms with E-state index < -0.39 is 6.03 Å². The highest BCUT2D eigenvalue weighted by molar-refractivity contribution is 6.00.